The molecule has 0 bridgehead atoms. The van der Waals surface area contributed by atoms with Gasteiger partial charge in [-0.3, -0.25) is 9.59 Å². The zero-order valence-electron chi connectivity index (χ0n) is 18.3. The monoisotopic (exact) mass is 444 g/mol. The molecule has 2 aromatic carbocycles. The van der Waals surface area contributed by atoms with Gasteiger partial charge in [-0.2, -0.15) is 0 Å². The van der Waals surface area contributed by atoms with Gasteiger partial charge in [0, 0.05) is 37.3 Å². The van der Waals surface area contributed by atoms with Crippen LogP contribution < -0.4 is 19.7 Å². The van der Waals surface area contributed by atoms with E-state index in [-0.39, 0.29) is 18.6 Å². The van der Waals surface area contributed by atoms with Crippen molar-refractivity contribution < 1.29 is 19.1 Å². The first-order chi connectivity index (χ1) is 16.1. The molecule has 1 saturated heterocycles. The van der Waals surface area contributed by atoms with Crippen molar-refractivity contribution >= 4 is 23.3 Å². The average Bonchev–Trinajstić information content (AvgIpc) is 3.33. The molecule has 2 amide bonds. The number of aromatic nitrogens is 1. The maximum atomic E-state index is 12.7. The number of amides is 2. The molecule has 0 aliphatic carbocycles. The predicted molar refractivity (Wildman–Crippen MR) is 124 cm³/mol. The van der Waals surface area contributed by atoms with E-state index in [9.17, 15) is 9.59 Å². The molecule has 0 spiro atoms. The van der Waals surface area contributed by atoms with Gasteiger partial charge >= 0.3 is 0 Å². The van der Waals surface area contributed by atoms with Crippen molar-refractivity contribution in [1.29, 1.82) is 0 Å². The number of rotatable bonds is 4. The first-order valence-electron chi connectivity index (χ1n) is 10.8. The molecule has 168 valence electrons. The first kappa shape index (κ1) is 20.8. The van der Waals surface area contributed by atoms with Crippen molar-refractivity contribution in [2.45, 2.75) is 6.92 Å². The van der Waals surface area contributed by atoms with Gasteiger partial charge in [-0.1, -0.05) is 17.7 Å². The van der Waals surface area contributed by atoms with Gasteiger partial charge in [0.15, 0.2) is 11.5 Å². The van der Waals surface area contributed by atoms with E-state index in [1.54, 1.807) is 24.4 Å². The molecule has 0 atom stereocenters. The summed E-state index contributed by atoms with van der Waals surface area (Å²) in [5.74, 6) is 1.84. The van der Waals surface area contributed by atoms with Crippen LogP contribution in [0.2, 0.25) is 0 Å². The fourth-order valence-electron chi connectivity index (χ4n) is 3.91. The van der Waals surface area contributed by atoms with Crippen LogP contribution in [0.1, 0.15) is 26.3 Å². The molecule has 2 aliphatic rings. The van der Waals surface area contributed by atoms with Gasteiger partial charge in [0.05, 0.1) is 11.9 Å². The number of piperazine rings is 1. The van der Waals surface area contributed by atoms with Crippen LogP contribution in [0.15, 0.2) is 60.8 Å². The van der Waals surface area contributed by atoms with Crippen LogP contribution in [0.4, 0.5) is 11.5 Å². The zero-order chi connectivity index (χ0) is 22.8. The number of carbonyl (C=O) groups is 2. The van der Waals surface area contributed by atoms with Crippen LogP contribution in [0.5, 0.6) is 11.5 Å². The first-order valence-corrected chi connectivity index (χ1v) is 10.8. The summed E-state index contributed by atoms with van der Waals surface area (Å²) in [5.41, 5.74) is 2.94. The van der Waals surface area contributed by atoms with Crippen LogP contribution in [0, 0.1) is 6.92 Å². The number of pyridine rings is 1. The summed E-state index contributed by atoms with van der Waals surface area (Å²) in [7, 11) is 0. The number of hydrogen-bond donors (Lipinski definition) is 1. The molecule has 1 aromatic heterocycles. The van der Waals surface area contributed by atoms with Gasteiger partial charge < -0.3 is 24.6 Å². The number of hydrogen-bond acceptors (Lipinski definition) is 6. The molecule has 0 radical (unpaired) electrons. The highest BCUT2D eigenvalue weighted by molar-refractivity contribution is 6.04. The molecule has 3 heterocycles. The lowest BCUT2D eigenvalue weighted by molar-refractivity contribution is 0.0746. The highest BCUT2D eigenvalue weighted by Crippen LogP contribution is 2.32. The van der Waals surface area contributed by atoms with Crippen molar-refractivity contribution in [1.82, 2.24) is 9.88 Å². The van der Waals surface area contributed by atoms with Crippen LogP contribution in [-0.4, -0.2) is 54.7 Å². The minimum absolute atomic E-state index is 0.0594. The van der Waals surface area contributed by atoms with Gasteiger partial charge in [0.25, 0.3) is 11.8 Å². The highest BCUT2D eigenvalue weighted by Gasteiger charge is 2.23. The molecular formula is C25H24N4O4. The fourth-order valence-corrected chi connectivity index (χ4v) is 3.91. The summed E-state index contributed by atoms with van der Waals surface area (Å²) >= 11 is 0. The molecule has 8 nitrogen and oxygen atoms in total. The summed E-state index contributed by atoms with van der Waals surface area (Å²) in [6.07, 6.45) is 1.64. The summed E-state index contributed by atoms with van der Waals surface area (Å²) in [4.78, 5) is 33.8. The summed E-state index contributed by atoms with van der Waals surface area (Å²) in [6, 6.07) is 16.5. The van der Waals surface area contributed by atoms with E-state index in [1.807, 2.05) is 48.2 Å². The Morgan fingerprint density at radius 3 is 2.33 bits per heavy atom. The van der Waals surface area contributed by atoms with E-state index in [1.165, 1.54) is 0 Å². The summed E-state index contributed by atoms with van der Waals surface area (Å²) in [6.45, 7) is 4.85. The number of carbonyl (C=O) groups excluding carboxylic acids is 2. The largest absolute Gasteiger partial charge is 0.454 e. The Morgan fingerprint density at radius 2 is 1.61 bits per heavy atom. The molecule has 0 unspecified atom stereocenters. The molecular weight excluding hydrogens is 420 g/mol. The minimum Gasteiger partial charge on any atom is -0.454 e. The van der Waals surface area contributed by atoms with E-state index >= 15 is 0 Å². The van der Waals surface area contributed by atoms with E-state index in [0.717, 1.165) is 16.9 Å². The third kappa shape index (κ3) is 4.45. The van der Waals surface area contributed by atoms with Crippen LogP contribution in [-0.2, 0) is 0 Å². The van der Waals surface area contributed by atoms with E-state index in [4.69, 9.17) is 9.47 Å². The van der Waals surface area contributed by atoms with Crippen molar-refractivity contribution in [3.8, 4) is 11.5 Å². The van der Waals surface area contributed by atoms with Crippen molar-refractivity contribution in [2.75, 3.05) is 43.2 Å². The Hall–Kier alpha value is -4.07. The number of anilines is 2. The molecule has 0 saturated carbocycles. The summed E-state index contributed by atoms with van der Waals surface area (Å²) in [5, 5.41) is 2.85. The Morgan fingerprint density at radius 1 is 0.879 bits per heavy atom. The second-order valence-electron chi connectivity index (χ2n) is 8.07. The smallest absolute Gasteiger partial charge is 0.255 e. The third-order valence-electron chi connectivity index (χ3n) is 5.83. The average molecular weight is 444 g/mol. The molecule has 8 heteroatoms. The van der Waals surface area contributed by atoms with E-state index in [2.05, 4.69) is 15.2 Å². The lowest BCUT2D eigenvalue weighted by Gasteiger charge is -2.35. The standard InChI is InChI=1S/C25H24N4O4/c1-17-2-4-18(5-3-17)25(31)29-12-10-28(11-13-29)23-9-7-20(15-26-23)27-24(30)19-6-8-21-22(14-19)33-16-32-21/h2-9,14-15H,10-13,16H2,1H3,(H,27,30). The predicted octanol–water partition coefficient (Wildman–Crippen LogP) is 3.33. The Bertz CT molecular complexity index is 1170. The number of nitrogens with zero attached hydrogens (tertiary/aromatic N) is 3. The number of benzene rings is 2. The van der Waals surface area contributed by atoms with Gasteiger partial charge in [0.2, 0.25) is 6.79 Å². The molecule has 1 N–H and O–H groups in total. The fraction of sp³-hybridized carbons (Fsp3) is 0.240. The lowest BCUT2D eigenvalue weighted by atomic mass is 10.1. The molecule has 1 fully saturated rings. The Labute approximate surface area is 191 Å². The Balaban J connectivity index is 1.17. The van der Waals surface area contributed by atoms with Crippen LogP contribution >= 0.6 is 0 Å². The van der Waals surface area contributed by atoms with Gasteiger partial charge in [-0.25, -0.2) is 4.98 Å². The third-order valence-corrected chi connectivity index (χ3v) is 5.83. The van der Waals surface area contributed by atoms with E-state index < -0.39 is 0 Å². The second kappa shape index (κ2) is 8.82. The number of ether oxygens (including phenoxy) is 2. The molecule has 3 aromatic rings. The lowest BCUT2D eigenvalue weighted by Crippen LogP contribution is -2.49. The van der Waals surface area contributed by atoms with Gasteiger partial charge in [-0.15, -0.1) is 0 Å². The van der Waals surface area contributed by atoms with E-state index in [0.29, 0.717) is 48.9 Å². The van der Waals surface area contributed by atoms with Gasteiger partial charge in [-0.05, 0) is 49.4 Å². The minimum atomic E-state index is -0.244. The van der Waals surface area contributed by atoms with Crippen LogP contribution in [0.25, 0.3) is 0 Å². The maximum Gasteiger partial charge on any atom is 0.255 e. The number of nitrogens with one attached hydrogen (secondary N) is 1. The SMILES string of the molecule is Cc1ccc(C(=O)N2CCN(c3ccc(NC(=O)c4ccc5c(c4)OCO5)cn3)CC2)cc1. The zero-order valence-corrected chi connectivity index (χ0v) is 18.3. The normalized spacial score (nSPS) is 14.8. The second-order valence-corrected chi connectivity index (χ2v) is 8.07. The van der Waals surface area contributed by atoms with Crippen molar-refractivity contribution in [3.05, 3.63) is 77.5 Å². The molecule has 33 heavy (non-hydrogen) atoms. The molecule has 2 aliphatic heterocycles. The number of fused-ring (bicyclic) bond motifs is 1. The van der Waals surface area contributed by atoms with Crippen molar-refractivity contribution in [3.63, 3.8) is 0 Å². The van der Waals surface area contributed by atoms with Gasteiger partial charge in [0.1, 0.15) is 5.82 Å². The van der Waals surface area contributed by atoms with Crippen LogP contribution in [0.3, 0.4) is 0 Å². The highest BCUT2D eigenvalue weighted by atomic mass is 16.7. The Kier molecular flexibility index (Phi) is 5.56. The maximum absolute atomic E-state index is 12.7. The quantitative estimate of drug-likeness (QED) is 0.665. The molecule has 5 rings (SSSR count). The number of aryl methyl sites for hydroxylation is 1. The summed E-state index contributed by atoms with van der Waals surface area (Å²) < 4.78 is 10.6. The van der Waals surface area contributed by atoms with Crippen molar-refractivity contribution in [2.24, 2.45) is 0 Å². The topological polar surface area (TPSA) is 84.0 Å².